The number of nitrogens with one attached hydrogen (secondary N) is 1. The number of hydrogen-bond donors (Lipinski definition) is 1. The van der Waals surface area contributed by atoms with E-state index in [9.17, 15) is 22.8 Å². The van der Waals surface area contributed by atoms with Gasteiger partial charge in [0.2, 0.25) is 5.91 Å². The molecule has 0 aliphatic carbocycles. The van der Waals surface area contributed by atoms with Crippen molar-refractivity contribution in [2.75, 3.05) is 18.0 Å². The van der Waals surface area contributed by atoms with Gasteiger partial charge < -0.3 is 10.2 Å². The van der Waals surface area contributed by atoms with Crippen LogP contribution >= 0.6 is 0 Å². The highest BCUT2D eigenvalue weighted by Gasteiger charge is 2.30. The number of aromatic nitrogens is 2. The predicted molar refractivity (Wildman–Crippen MR) is 122 cm³/mol. The van der Waals surface area contributed by atoms with Gasteiger partial charge in [-0.05, 0) is 36.1 Å². The molecule has 0 radical (unpaired) electrons. The van der Waals surface area contributed by atoms with Crippen LogP contribution in [0.4, 0.5) is 18.9 Å². The van der Waals surface area contributed by atoms with E-state index in [-0.39, 0.29) is 23.9 Å². The summed E-state index contributed by atoms with van der Waals surface area (Å²) in [6.45, 7) is 1.70. The Morgan fingerprint density at radius 3 is 2.47 bits per heavy atom. The highest BCUT2D eigenvalue weighted by atomic mass is 19.4. The summed E-state index contributed by atoms with van der Waals surface area (Å²) in [6.07, 6.45) is -1.25. The van der Waals surface area contributed by atoms with E-state index in [1.54, 1.807) is 12.3 Å². The van der Waals surface area contributed by atoms with Crippen LogP contribution in [0.3, 0.4) is 0 Å². The van der Waals surface area contributed by atoms with Crippen LogP contribution in [0.25, 0.3) is 0 Å². The van der Waals surface area contributed by atoms with E-state index in [1.807, 2.05) is 35.2 Å². The minimum absolute atomic E-state index is 0.157. The topological polar surface area (TPSA) is 67.2 Å². The van der Waals surface area contributed by atoms with Gasteiger partial charge in [0.1, 0.15) is 0 Å². The number of nitrogens with zero attached hydrogens (tertiary/aromatic N) is 3. The zero-order valence-electron chi connectivity index (χ0n) is 18.5. The van der Waals surface area contributed by atoms with E-state index >= 15 is 0 Å². The number of carbonyl (C=O) groups is 1. The van der Waals surface area contributed by atoms with Gasteiger partial charge in [-0.3, -0.25) is 9.59 Å². The zero-order chi connectivity index (χ0) is 24.1. The average molecular weight is 470 g/mol. The van der Waals surface area contributed by atoms with Gasteiger partial charge in [0.25, 0.3) is 5.56 Å². The van der Waals surface area contributed by atoms with Gasteiger partial charge in [-0.2, -0.15) is 18.3 Å². The zero-order valence-corrected chi connectivity index (χ0v) is 18.5. The first-order chi connectivity index (χ1) is 16.3. The molecule has 6 nitrogen and oxygen atoms in total. The number of hydrogen-bond acceptors (Lipinski definition) is 4. The summed E-state index contributed by atoms with van der Waals surface area (Å²) >= 11 is 0. The Balaban J connectivity index is 1.35. The fourth-order valence-corrected chi connectivity index (χ4v) is 4.04. The minimum atomic E-state index is -4.38. The summed E-state index contributed by atoms with van der Waals surface area (Å²) in [4.78, 5) is 27.3. The molecule has 3 aromatic rings. The monoisotopic (exact) mass is 470 g/mol. The van der Waals surface area contributed by atoms with Crippen molar-refractivity contribution in [2.24, 2.45) is 5.92 Å². The smallest absolute Gasteiger partial charge is 0.369 e. The van der Waals surface area contributed by atoms with Crippen LogP contribution < -0.4 is 15.8 Å². The Labute approximate surface area is 195 Å². The molecule has 1 saturated heterocycles. The maximum absolute atomic E-state index is 12.7. The molecule has 1 amide bonds. The van der Waals surface area contributed by atoms with Crippen LogP contribution in [0.5, 0.6) is 0 Å². The Bertz CT molecular complexity index is 1180. The first-order valence-corrected chi connectivity index (χ1v) is 11.1. The lowest BCUT2D eigenvalue weighted by Gasteiger charge is -2.33. The molecule has 1 aliphatic heterocycles. The molecule has 0 spiro atoms. The molecule has 0 bridgehead atoms. The van der Waals surface area contributed by atoms with Gasteiger partial charge in [-0.15, -0.1) is 0 Å². The molecule has 1 aliphatic rings. The standard InChI is InChI=1S/C25H25F3N4O2/c26-25(27,28)21-10-8-18(9-11-21)14-29-24(34)20-7-4-12-31(17-20)22-13-23(33)32(30-15-22)16-19-5-2-1-3-6-19/h1-3,5-6,8-11,13,15,20H,4,7,12,14,16-17H2,(H,29,34)/t20-/m1/s1. The van der Waals surface area contributed by atoms with Gasteiger partial charge in [0.15, 0.2) is 0 Å². The highest BCUT2D eigenvalue weighted by molar-refractivity contribution is 5.79. The summed E-state index contributed by atoms with van der Waals surface area (Å²) in [6, 6.07) is 15.9. The van der Waals surface area contributed by atoms with Crippen molar-refractivity contribution >= 4 is 11.6 Å². The predicted octanol–water partition coefficient (Wildman–Crippen LogP) is 3.84. The maximum atomic E-state index is 12.7. The number of amides is 1. The summed E-state index contributed by atoms with van der Waals surface area (Å²) in [5, 5.41) is 7.12. The summed E-state index contributed by atoms with van der Waals surface area (Å²) in [5.41, 5.74) is 1.32. The van der Waals surface area contributed by atoms with Crippen LogP contribution in [0.15, 0.2) is 71.7 Å². The number of carbonyl (C=O) groups excluding carboxylic acids is 1. The molecule has 4 rings (SSSR count). The highest BCUT2D eigenvalue weighted by Crippen LogP contribution is 2.29. The normalized spacial score (nSPS) is 16.3. The largest absolute Gasteiger partial charge is 0.416 e. The molecular weight excluding hydrogens is 445 g/mol. The second-order valence-electron chi connectivity index (χ2n) is 8.39. The lowest BCUT2D eigenvalue weighted by molar-refractivity contribution is -0.137. The van der Waals surface area contributed by atoms with E-state index in [4.69, 9.17) is 0 Å². The number of alkyl halides is 3. The Morgan fingerprint density at radius 1 is 1.06 bits per heavy atom. The molecule has 2 aromatic carbocycles. The van der Waals surface area contributed by atoms with Gasteiger partial charge in [-0.1, -0.05) is 42.5 Å². The van der Waals surface area contributed by atoms with E-state index in [1.165, 1.54) is 16.8 Å². The van der Waals surface area contributed by atoms with Gasteiger partial charge in [0.05, 0.1) is 29.9 Å². The molecule has 34 heavy (non-hydrogen) atoms. The molecule has 0 unspecified atom stereocenters. The number of rotatable bonds is 6. The van der Waals surface area contributed by atoms with Crippen LogP contribution in [0.2, 0.25) is 0 Å². The quantitative estimate of drug-likeness (QED) is 0.595. The van der Waals surface area contributed by atoms with Crippen LogP contribution in [0.1, 0.15) is 29.5 Å². The second kappa shape index (κ2) is 10.1. The molecule has 9 heteroatoms. The number of benzene rings is 2. The van der Waals surface area contributed by atoms with Crippen LogP contribution in [-0.2, 0) is 24.1 Å². The summed E-state index contributed by atoms with van der Waals surface area (Å²) < 4.78 is 39.5. The molecule has 1 fully saturated rings. The molecule has 1 aromatic heterocycles. The lowest BCUT2D eigenvalue weighted by Crippen LogP contribution is -2.43. The van der Waals surface area contributed by atoms with E-state index in [0.29, 0.717) is 37.3 Å². The SMILES string of the molecule is O=C(NCc1ccc(C(F)(F)F)cc1)[C@@H]1CCCN(c2cnn(Cc3ccccc3)c(=O)c2)C1. The summed E-state index contributed by atoms with van der Waals surface area (Å²) in [7, 11) is 0. The van der Waals surface area contributed by atoms with Crippen molar-refractivity contribution < 1.29 is 18.0 Å². The van der Waals surface area contributed by atoms with Crippen molar-refractivity contribution in [2.45, 2.75) is 32.1 Å². The van der Waals surface area contributed by atoms with Crippen molar-refractivity contribution in [1.29, 1.82) is 0 Å². The van der Waals surface area contributed by atoms with E-state index in [2.05, 4.69) is 10.4 Å². The third-order valence-corrected chi connectivity index (χ3v) is 5.94. The van der Waals surface area contributed by atoms with Crippen LogP contribution in [0, 0.1) is 5.92 Å². The molecule has 1 atom stereocenters. The first-order valence-electron chi connectivity index (χ1n) is 11.1. The molecule has 1 N–H and O–H groups in total. The molecular formula is C25H25F3N4O2. The van der Waals surface area contributed by atoms with Crippen molar-refractivity contribution in [3.8, 4) is 0 Å². The number of piperidine rings is 1. The molecule has 0 saturated carbocycles. The Hall–Kier alpha value is -3.62. The minimum Gasteiger partial charge on any atom is -0.369 e. The number of anilines is 1. The van der Waals surface area contributed by atoms with Crippen molar-refractivity contribution in [1.82, 2.24) is 15.1 Å². The molecule has 178 valence electrons. The van der Waals surface area contributed by atoms with E-state index in [0.717, 1.165) is 24.1 Å². The van der Waals surface area contributed by atoms with Gasteiger partial charge in [0, 0.05) is 25.7 Å². The van der Waals surface area contributed by atoms with Crippen molar-refractivity contribution in [3.05, 3.63) is 93.9 Å². The summed E-state index contributed by atoms with van der Waals surface area (Å²) in [5.74, 6) is -0.440. The van der Waals surface area contributed by atoms with E-state index < -0.39 is 11.7 Å². The second-order valence-corrected chi connectivity index (χ2v) is 8.39. The lowest BCUT2D eigenvalue weighted by atomic mass is 9.96. The third kappa shape index (κ3) is 5.84. The maximum Gasteiger partial charge on any atom is 0.416 e. The average Bonchev–Trinajstić information content (AvgIpc) is 2.84. The van der Waals surface area contributed by atoms with Gasteiger partial charge >= 0.3 is 6.18 Å². The Kier molecular flexibility index (Phi) is 7.00. The fourth-order valence-electron chi connectivity index (χ4n) is 4.04. The van der Waals surface area contributed by atoms with Gasteiger partial charge in [-0.25, -0.2) is 4.68 Å². The first kappa shape index (κ1) is 23.5. The van der Waals surface area contributed by atoms with Crippen molar-refractivity contribution in [3.63, 3.8) is 0 Å². The van der Waals surface area contributed by atoms with Crippen LogP contribution in [-0.4, -0.2) is 28.8 Å². The Morgan fingerprint density at radius 2 is 1.79 bits per heavy atom. The number of halogens is 3. The fraction of sp³-hybridized carbons (Fsp3) is 0.320. The molecule has 2 heterocycles. The third-order valence-electron chi connectivity index (χ3n) is 5.94.